The molecule has 0 aromatic heterocycles. The van der Waals surface area contributed by atoms with Gasteiger partial charge in [-0.1, -0.05) is 6.07 Å². The molecule has 0 aliphatic carbocycles. The molecular formula is C15H21NO3. The third-order valence-electron chi connectivity index (χ3n) is 3.30. The van der Waals surface area contributed by atoms with Crippen molar-refractivity contribution in [1.82, 2.24) is 4.90 Å². The Hall–Kier alpha value is -1.55. The Bertz CT molecular complexity index is 438. The largest absolute Gasteiger partial charge is 0.493 e. The number of aliphatic hydroxyl groups excluding tert-OH is 1. The minimum Gasteiger partial charge on any atom is -0.493 e. The van der Waals surface area contributed by atoms with Gasteiger partial charge < -0.3 is 14.7 Å². The molecule has 0 saturated carbocycles. The van der Waals surface area contributed by atoms with Crippen molar-refractivity contribution >= 4 is 5.91 Å². The highest BCUT2D eigenvalue weighted by Gasteiger charge is 2.23. The first-order chi connectivity index (χ1) is 9.04. The number of amides is 1. The minimum absolute atomic E-state index is 0.0564. The van der Waals surface area contributed by atoms with Crippen molar-refractivity contribution in [2.75, 3.05) is 19.7 Å². The second kappa shape index (κ2) is 6.06. The van der Waals surface area contributed by atoms with E-state index in [1.54, 1.807) is 4.90 Å². The summed E-state index contributed by atoms with van der Waals surface area (Å²) in [6.45, 7) is 5.55. The third-order valence-corrected chi connectivity index (χ3v) is 3.30. The van der Waals surface area contributed by atoms with Gasteiger partial charge in [-0.05, 0) is 43.5 Å². The Morgan fingerprint density at radius 1 is 1.37 bits per heavy atom. The van der Waals surface area contributed by atoms with Gasteiger partial charge in [0.1, 0.15) is 5.75 Å². The standard InChI is InChI=1S/C15H21NO3/c1-11-7-12(2)9-14(8-11)19-6-4-15(18)16-5-3-13(17)10-16/h7-9,13,17H,3-6,10H2,1-2H3/t13-/m1/s1. The SMILES string of the molecule is Cc1cc(C)cc(OCCC(=O)N2CC[C@@H](O)C2)c1. The maximum atomic E-state index is 11.8. The highest BCUT2D eigenvalue weighted by atomic mass is 16.5. The van der Waals surface area contributed by atoms with Crippen LogP contribution in [-0.2, 0) is 4.79 Å². The fraction of sp³-hybridized carbons (Fsp3) is 0.533. The van der Waals surface area contributed by atoms with Crippen molar-refractivity contribution in [3.05, 3.63) is 29.3 Å². The van der Waals surface area contributed by atoms with E-state index in [0.29, 0.717) is 32.5 Å². The van der Waals surface area contributed by atoms with Gasteiger partial charge in [0.05, 0.1) is 19.1 Å². The summed E-state index contributed by atoms with van der Waals surface area (Å²) >= 11 is 0. The number of carbonyl (C=O) groups is 1. The van der Waals surface area contributed by atoms with Gasteiger partial charge in [0, 0.05) is 13.1 Å². The summed E-state index contributed by atoms with van der Waals surface area (Å²) in [5, 5.41) is 9.39. The number of hydrogen-bond donors (Lipinski definition) is 1. The Morgan fingerprint density at radius 2 is 2.05 bits per heavy atom. The number of benzene rings is 1. The second-order valence-corrected chi connectivity index (χ2v) is 5.20. The molecule has 1 saturated heterocycles. The van der Waals surface area contributed by atoms with Gasteiger partial charge in [-0.2, -0.15) is 0 Å². The van der Waals surface area contributed by atoms with E-state index in [9.17, 15) is 9.90 Å². The third kappa shape index (κ3) is 3.96. The summed E-state index contributed by atoms with van der Waals surface area (Å²) in [7, 11) is 0. The van der Waals surface area contributed by atoms with Crippen molar-refractivity contribution in [2.45, 2.75) is 32.8 Å². The zero-order chi connectivity index (χ0) is 13.8. The summed E-state index contributed by atoms with van der Waals surface area (Å²) in [5.41, 5.74) is 2.31. The first-order valence-electron chi connectivity index (χ1n) is 6.71. The molecule has 1 aromatic carbocycles. The van der Waals surface area contributed by atoms with Crippen LogP contribution in [0.2, 0.25) is 0 Å². The normalized spacial score (nSPS) is 18.7. The highest BCUT2D eigenvalue weighted by Crippen LogP contribution is 2.17. The van der Waals surface area contributed by atoms with Crippen molar-refractivity contribution in [1.29, 1.82) is 0 Å². The van der Waals surface area contributed by atoms with E-state index in [1.165, 1.54) is 0 Å². The molecule has 1 atom stereocenters. The van der Waals surface area contributed by atoms with Crippen molar-refractivity contribution in [3.63, 3.8) is 0 Å². The average Bonchev–Trinajstić information content (AvgIpc) is 2.74. The quantitative estimate of drug-likeness (QED) is 0.899. The molecule has 0 spiro atoms. The molecule has 1 amide bonds. The molecule has 1 aromatic rings. The van der Waals surface area contributed by atoms with E-state index < -0.39 is 0 Å². The zero-order valence-electron chi connectivity index (χ0n) is 11.6. The Balaban J connectivity index is 1.78. The first kappa shape index (κ1) is 13.9. The van der Waals surface area contributed by atoms with Crippen LogP contribution >= 0.6 is 0 Å². The molecule has 4 heteroatoms. The molecule has 104 valence electrons. The lowest BCUT2D eigenvalue weighted by Crippen LogP contribution is -2.30. The predicted octanol–water partition coefficient (Wildman–Crippen LogP) is 1.67. The van der Waals surface area contributed by atoms with Crippen LogP contribution in [0.3, 0.4) is 0 Å². The smallest absolute Gasteiger partial charge is 0.226 e. The van der Waals surface area contributed by atoms with Gasteiger partial charge >= 0.3 is 0 Å². The van der Waals surface area contributed by atoms with E-state index in [2.05, 4.69) is 6.07 Å². The number of hydrogen-bond acceptors (Lipinski definition) is 3. The van der Waals surface area contributed by atoms with Crippen LogP contribution in [0.5, 0.6) is 5.75 Å². The minimum atomic E-state index is -0.357. The van der Waals surface area contributed by atoms with E-state index in [4.69, 9.17) is 4.74 Å². The van der Waals surface area contributed by atoms with Gasteiger partial charge in [0.2, 0.25) is 5.91 Å². The van der Waals surface area contributed by atoms with Crippen molar-refractivity contribution in [3.8, 4) is 5.75 Å². The van der Waals surface area contributed by atoms with Crippen LogP contribution in [-0.4, -0.2) is 41.7 Å². The molecule has 0 radical (unpaired) electrons. The number of rotatable bonds is 4. The van der Waals surface area contributed by atoms with Crippen LogP contribution in [0.1, 0.15) is 24.0 Å². The Labute approximate surface area is 114 Å². The molecule has 0 unspecified atom stereocenters. The van der Waals surface area contributed by atoms with Crippen LogP contribution in [0.15, 0.2) is 18.2 Å². The van der Waals surface area contributed by atoms with Crippen LogP contribution in [0, 0.1) is 13.8 Å². The Morgan fingerprint density at radius 3 is 2.63 bits per heavy atom. The van der Waals surface area contributed by atoms with E-state index in [0.717, 1.165) is 16.9 Å². The number of β-amino-alcohol motifs (C(OH)–C–C–N with tert-alkyl or cyclic N) is 1. The van der Waals surface area contributed by atoms with Gasteiger partial charge in [0.15, 0.2) is 0 Å². The lowest BCUT2D eigenvalue weighted by Gasteiger charge is -2.15. The number of likely N-dealkylation sites (tertiary alicyclic amines) is 1. The number of nitrogens with zero attached hydrogens (tertiary/aromatic N) is 1. The first-order valence-corrected chi connectivity index (χ1v) is 6.71. The monoisotopic (exact) mass is 263 g/mol. The van der Waals surface area contributed by atoms with Crippen molar-refractivity contribution < 1.29 is 14.6 Å². The zero-order valence-corrected chi connectivity index (χ0v) is 11.6. The lowest BCUT2D eigenvalue weighted by molar-refractivity contribution is -0.131. The van der Waals surface area contributed by atoms with E-state index in [-0.39, 0.29) is 12.0 Å². The number of ether oxygens (including phenoxy) is 1. The molecule has 1 fully saturated rings. The molecular weight excluding hydrogens is 242 g/mol. The maximum absolute atomic E-state index is 11.8. The van der Waals surface area contributed by atoms with Crippen LogP contribution < -0.4 is 4.74 Å². The molecule has 1 heterocycles. The van der Waals surface area contributed by atoms with Gasteiger partial charge in [-0.15, -0.1) is 0 Å². The van der Waals surface area contributed by atoms with E-state index in [1.807, 2.05) is 26.0 Å². The molecule has 0 bridgehead atoms. The predicted molar refractivity (Wildman–Crippen MR) is 73.2 cm³/mol. The topological polar surface area (TPSA) is 49.8 Å². The molecule has 2 rings (SSSR count). The average molecular weight is 263 g/mol. The van der Waals surface area contributed by atoms with Gasteiger partial charge in [-0.25, -0.2) is 0 Å². The molecule has 1 aliphatic heterocycles. The number of carbonyl (C=O) groups excluding carboxylic acids is 1. The number of aliphatic hydroxyl groups is 1. The summed E-state index contributed by atoms with van der Waals surface area (Å²) in [6.07, 6.45) is 0.688. The van der Waals surface area contributed by atoms with Crippen molar-refractivity contribution in [2.24, 2.45) is 0 Å². The summed E-state index contributed by atoms with van der Waals surface area (Å²) in [6, 6.07) is 6.03. The molecule has 1 aliphatic rings. The Kier molecular flexibility index (Phi) is 4.43. The molecule has 1 N–H and O–H groups in total. The fourth-order valence-electron chi connectivity index (χ4n) is 2.40. The highest BCUT2D eigenvalue weighted by molar-refractivity contribution is 5.76. The van der Waals surface area contributed by atoms with Gasteiger partial charge in [0.25, 0.3) is 0 Å². The van der Waals surface area contributed by atoms with Crippen LogP contribution in [0.4, 0.5) is 0 Å². The summed E-state index contributed by atoms with van der Waals surface area (Å²) in [5.74, 6) is 0.868. The van der Waals surface area contributed by atoms with E-state index >= 15 is 0 Å². The molecule has 19 heavy (non-hydrogen) atoms. The molecule has 4 nitrogen and oxygen atoms in total. The fourth-order valence-corrected chi connectivity index (χ4v) is 2.40. The lowest BCUT2D eigenvalue weighted by atomic mass is 10.1. The summed E-state index contributed by atoms with van der Waals surface area (Å²) < 4.78 is 5.61. The second-order valence-electron chi connectivity index (χ2n) is 5.20. The maximum Gasteiger partial charge on any atom is 0.226 e. The number of aryl methyl sites for hydroxylation is 2. The summed E-state index contributed by atoms with van der Waals surface area (Å²) in [4.78, 5) is 13.6. The van der Waals surface area contributed by atoms with Crippen LogP contribution in [0.25, 0.3) is 0 Å². The van der Waals surface area contributed by atoms with Gasteiger partial charge in [-0.3, -0.25) is 4.79 Å².